The van der Waals surface area contributed by atoms with Gasteiger partial charge in [-0.1, -0.05) is 49.4 Å². The average molecular weight is 443 g/mol. The number of amides is 1. The first-order chi connectivity index (χ1) is 16.1. The van der Waals surface area contributed by atoms with E-state index < -0.39 is 0 Å². The minimum atomic E-state index is -0.122. The molecule has 5 rings (SSSR count). The fraction of sp³-hybridized carbons (Fsp3) is 0.370. The molecule has 1 saturated heterocycles. The predicted octanol–water partition coefficient (Wildman–Crippen LogP) is 4.18. The van der Waals surface area contributed by atoms with Gasteiger partial charge in [0, 0.05) is 25.7 Å². The van der Waals surface area contributed by atoms with Gasteiger partial charge in [0.2, 0.25) is 0 Å². The van der Waals surface area contributed by atoms with Crippen molar-refractivity contribution >= 4 is 5.91 Å². The van der Waals surface area contributed by atoms with Gasteiger partial charge in [-0.2, -0.15) is 5.10 Å². The molecule has 1 aromatic heterocycles. The highest BCUT2D eigenvalue weighted by atomic mass is 16.5. The number of hydrogen-bond acceptors (Lipinski definition) is 5. The maximum Gasteiger partial charge on any atom is 0.272 e. The van der Waals surface area contributed by atoms with Crippen LogP contribution in [0.5, 0.6) is 5.75 Å². The molecule has 33 heavy (non-hydrogen) atoms. The molecule has 2 atom stereocenters. The highest BCUT2D eigenvalue weighted by molar-refractivity contribution is 5.92. The number of hydrogen-bond donors (Lipinski definition) is 1. The summed E-state index contributed by atoms with van der Waals surface area (Å²) in [6.07, 6.45) is 4.15. The van der Waals surface area contributed by atoms with Crippen LogP contribution in [0.15, 0.2) is 66.9 Å². The van der Waals surface area contributed by atoms with E-state index in [1.54, 1.807) is 6.20 Å². The van der Waals surface area contributed by atoms with Gasteiger partial charge in [0.1, 0.15) is 12.4 Å². The van der Waals surface area contributed by atoms with E-state index in [1.807, 2.05) is 36.4 Å². The Balaban J connectivity index is 1.12. The Bertz CT molecular complexity index is 1080. The zero-order chi connectivity index (χ0) is 22.6. The Morgan fingerprint density at radius 3 is 2.61 bits per heavy atom. The molecule has 1 saturated carbocycles. The van der Waals surface area contributed by atoms with Gasteiger partial charge in [-0.3, -0.25) is 9.69 Å². The summed E-state index contributed by atoms with van der Waals surface area (Å²) in [7, 11) is 0. The maximum atomic E-state index is 12.8. The van der Waals surface area contributed by atoms with Crippen LogP contribution in [-0.4, -0.2) is 40.1 Å². The Morgan fingerprint density at radius 2 is 1.85 bits per heavy atom. The maximum absolute atomic E-state index is 12.8. The molecule has 6 nitrogen and oxygen atoms in total. The van der Waals surface area contributed by atoms with E-state index in [0.29, 0.717) is 24.1 Å². The lowest BCUT2D eigenvalue weighted by Gasteiger charge is -2.17. The van der Waals surface area contributed by atoms with E-state index in [4.69, 9.17) is 4.74 Å². The Hall–Kier alpha value is -3.25. The summed E-state index contributed by atoms with van der Waals surface area (Å²) in [6.45, 7) is 5.39. The Kier molecular flexibility index (Phi) is 6.35. The van der Waals surface area contributed by atoms with Crippen LogP contribution in [0.2, 0.25) is 0 Å². The first kappa shape index (κ1) is 21.6. The molecule has 0 radical (unpaired) electrons. The van der Waals surface area contributed by atoms with E-state index in [1.165, 1.54) is 18.4 Å². The molecule has 0 bridgehead atoms. The van der Waals surface area contributed by atoms with Gasteiger partial charge >= 0.3 is 0 Å². The summed E-state index contributed by atoms with van der Waals surface area (Å²) in [5.41, 5.74) is 3.96. The molecule has 0 unspecified atom stereocenters. The molecule has 1 aliphatic carbocycles. The van der Waals surface area contributed by atoms with Crippen LogP contribution in [0.1, 0.15) is 52.9 Å². The lowest BCUT2D eigenvalue weighted by molar-refractivity contribution is 0.0925. The number of benzene rings is 2. The first-order valence-electron chi connectivity index (χ1n) is 11.8. The van der Waals surface area contributed by atoms with Crippen molar-refractivity contribution in [2.24, 2.45) is 5.92 Å². The summed E-state index contributed by atoms with van der Waals surface area (Å²) in [4.78, 5) is 15.2. The van der Waals surface area contributed by atoms with E-state index in [-0.39, 0.29) is 11.9 Å². The highest BCUT2D eigenvalue weighted by Crippen LogP contribution is 2.39. The molecule has 1 N–H and O–H groups in total. The fourth-order valence-corrected chi connectivity index (χ4v) is 4.45. The van der Waals surface area contributed by atoms with Crippen LogP contribution >= 0.6 is 0 Å². The van der Waals surface area contributed by atoms with Crippen molar-refractivity contribution in [3.8, 4) is 5.75 Å². The second kappa shape index (κ2) is 9.71. The Labute approximate surface area is 195 Å². The first-order valence-corrected chi connectivity index (χ1v) is 11.8. The van der Waals surface area contributed by atoms with Crippen molar-refractivity contribution < 1.29 is 9.53 Å². The smallest absolute Gasteiger partial charge is 0.272 e. The number of nitrogens with zero attached hydrogens (tertiary/aromatic N) is 3. The monoisotopic (exact) mass is 442 g/mol. The van der Waals surface area contributed by atoms with Crippen molar-refractivity contribution in [2.75, 3.05) is 13.1 Å². The molecular weight excluding hydrogens is 412 g/mol. The van der Waals surface area contributed by atoms with E-state index in [2.05, 4.69) is 51.6 Å². The number of aromatic nitrogens is 2. The molecule has 2 aliphatic rings. The third-order valence-corrected chi connectivity index (χ3v) is 6.54. The van der Waals surface area contributed by atoms with Crippen LogP contribution in [0.4, 0.5) is 0 Å². The number of carbonyl (C=O) groups excluding carboxylic acids is 1. The predicted molar refractivity (Wildman–Crippen MR) is 127 cm³/mol. The van der Waals surface area contributed by atoms with Crippen LogP contribution in [0, 0.1) is 5.92 Å². The van der Waals surface area contributed by atoms with Gasteiger partial charge in [0.15, 0.2) is 5.69 Å². The SMILES string of the molecule is C[C@@H]1CN(Cc2ccc(OCc3ccccc3)cc2)C[C@@H]1NC(=O)c1cc(C2CC2)cnn1. The molecule has 0 spiro atoms. The minimum absolute atomic E-state index is 0.109. The standard InChI is InChI=1S/C27H30N4O2/c1-19-15-31(16-20-7-11-24(12-8-20)33-18-21-5-3-2-4-6-21)17-26(19)29-27(32)25-13-23(14-28-30-25)22-9-10-22/h2-8,11-14,19,22,26H,9-10,15-18H2,1H3,(H,29,32)/t19-,26+/m1/s1. The quantitative estimate of drug-likeness (QED) is 0.567. The highest BCUT2D eigenvalue weighted by Gasteiger charge is 2.31. The van der Waals surface area contributed by atoms with Gasteiger partial charge in [0.25, 0.3) is 5.91 Å². The largest absolute Gasteiger partial charge is 0.489 e. The van der Waals surface area contributed by atoms with Crippen molar-refractivity contribution in [1.29, 1.82) is 0 Å². The summed E-state index contributed by atoms with van der Waals surface area (Å²) >= 11 is 0. The Morgan fingerprint density at radius 1 is 1.06 bits per heavy atom. The van der Waals surface area contributed by atoms with Crippen LogP contribution in [0.3, 0.4) is 0 Å². The molecule has 170 valence electrons. The number of likely N-dealkylation sites (tertiary alicyclic amines) is 1. The molecule has 1 amide bonds. The van der Waals surface area contributed by atoms with Crippen molar-refractivity contribution in [1.82, 2.24) is 20.4 Å². The van der Waals surface area contributed by atoms with Gasteiger partial charge in [-0.05, 0) is 59.6 Å². The van der Waals surface area contributed by atoms with Crippen LogP contribution in [-0.2, 0) is 13.2 Å². The molecule has 1 aliphatic heterocycles. The average Bonchev–Trinajstić information content (AvgIpc) is 3.64. The van der Waals surface area contributed by atoms with Crippen LogP contribution in [0.25, 0.3) is 0 Å². The molecule has 2 fully saturated rings. The number of ether oxygens (including phenoxy) is 1. The third kappa shape index (κ3) is 5.57. The summed E-state index contributed by atoms with van der Waals surface area (Å²) in [6, 6.07) is 20.5. The lowest BCUT2D eigenvalue weighted by Crippen LogP contribution is -2.40. The molecule has 6 heteroatoms. The van der Waals surface area contributed by atoms with E-state index in [0.717, 1.165) is 36.5 Å². The molecule has 3 aromatic rings. The second-order valence-electron chi connectivity index (χ2n) is 9.32. The van der Waals surface area contributed by atoms with Gasteiger partial charge in [-0.25, -0.2) is 0 Å². The van der Waals surface area contributed by atoms with Gasteiger partial charge in [0.05, 0.1) is 6.20 Å². The number of nitrogens with one attached hydrogen (secondary N) is 1. The summed E-state index contributed by atoms with van der Waals surface area (Å²) < 4.78 is 5.89. The number of carbonyl (C=O) groups is 1. The van der Waals surface area contributed by atoms with Crippen molar-refractivity contribution in [2.45, 2.75) is 44.9 Å². The zero-order valence-electron chi connectivity index (χ0n) is 19.0. The normalized spacial score (nSPS) is 20.5. The second-order valence-corrected chi connectivity index (χ2v) is 9.32. The topological polar surface area (TPSA) is 67.3 Å². The van der Waals surface area contributed by atoms with Crippen molar-refractivity contribution in [3.05, 3.63) is 89.2 Å². The van der Waals surface area contributed by atoms with Crippen LogP contribution < -0.4 is 10.1 Å². The van der Waals surface area contributed by atoms with Gasteiger partial charge < -0.3 is 10.1 Å². The third-order valence-electron chi connectivity index (χ3n) is 6.54. The van der Waals surface area contributed by atoms with Crippen molar-refractivity contribution in [3.63, 3.8) is 0 Å². The molecule has 2 heterocycles. The van der Waals surface area contributed by atoms with E-state index >= 15 is 0 Å². The zero-order valence-corrected chi connectivity index (χ0v) is 19.0. The summed E-state index contributed by atoms with van der Waals surface area (Å²) in [5.74, 6) is 1.69. The fourth-order valence-electron chi connectivity index (χ4n) is 4.45. The van der Waals surface area contributed by atoms with Gasteiger partial charge in [-0.15, -0.1) is 5.10 Å². The van der Waals surface area contributed by atoms with E-state index in [9.17, 15) is 4.79 Å². The summed E-state index contributed by atoms with van der Waals surface area (Å²) in [5, 5.41) is 11.3. The number of rotatable bonds is 8. The molecule has 2 aromatic carbocycles. The lowest BCUT2D eigenvalue weighted by atomic mass is 10.1. The molecular formula is C27H30N4O2. The minimum Gasteiger partial charge on any atom is -0.489 e.